The molecule has 0 aromatic carbocycles. The van der Waals surface area contributed by atoms with E-state index in [9.17, 15) is 13.2 Å². The minimum atomic E-state index is -2.84. The van der Waals surface area contributed by atoms with Crippen LogP contribution in [0, 0.1) is 5.92 Å². The average molecular weight is 260 g/mol. The highest BCUT2D eigenvalue weighted by molar-refractivity contribution is 7.91. The Morgan fingerprint density at radius 2 is 1.88 bits per heavy atom. The van der Waals surface area contributed by atoms with Gasteiger partial charge in [0.15, 0.2) is 0 Å². The van der Waals surface area contributed by atoms with Crippen LogP contribution in [0.3, 0.4) is 0 Å². The number of nitrogens with one attached hydrogen (secondary N) is 2. The lowest BCUT2D eigenvalue weighted by Crippen LogP contribution is -2.46. The Balaban J connectivity index is 1.79. The molecule has 0 spiro atoms. The fourth-order valence-electron chi connectivity index (χ4n) is 2.43. The fourth-order valence-corrected chi connectivity index (χ4v) is 3.92. The Hall–Kier alpha value is -0.620. The molecular formula is C11H20N2O3S. The molecule has 2 aliphatic rings. The molecule has 0 saturated carbocycles. The van der Waals surface area contributed by atoms with Gasteiger partial charge in [0, 0.05) is 12.6 Å². The van der Waals surface area contributed by atoms with Gasteiger partial charge in [-0.2, -0.15) is 0 Å². The first-order valence-corrected chi connectivity index (χ1v) is 8.10. The molecule has 2 aliphatic heterocycles. The molecule has 6 heteroatoms. The zero-order valence-corrected chi connectivity index (χ0v) is 10.8. The van der Waals surface area contributed by atoms with Crippen LogP contribution >= 0.6 is 0 Å². The van der Waals surface area contributed by atoms with Crippen molar-refractivity contribution in [3.05, 3.63) is 0 Å². The Labute approximate surface area is 102 Å². The normalized spacial score (nSPS) is 29.8. The molecule has 0 aliphatic carbocycles. The van der Waals surface area contributed by atoms with Crippen molar-refractivity contribution in [1.82, 2.24) is 10.6 Å². The van der Waals surface area contributed by atoms with Crippen molar-refractivity contribution in [3.63, 3.8) is 0 Å². The van der Waals surface area contributed by atoms with Crippen LogP contribution in [0.2, 0.25) is 0 Å². The van der Waals surface area contributed by atoms with Gasteiger partial charge in [0.2, 0.25) is 5.91 Å². The Bertz CT molecular complexity index is 360. The van der Waals surface area contributed by atoms with Crippen LogP contribution in [0.4, 0.5) is 0 Å². The van der Waals surface area contributed by atoms with E-state index in [1.165, 1.54) is 0 Å². The van der Waals surface area contributed by atoms with Crippen molar-refractivity contribution in [3.8, 4) is 0 Å². The molecule has 0 aromatic heterocycles. The van der Waals surface area contributed by atoms with Gasteiger partial charge >= 0.3 is 0 Å². The highest BCUT2D eigenvalue weighted by Crippen LogP contribution is 2.15. The van der Waals surface area contributed by atoms with Crippen molar-refractivity contribution in [2.24, 2.45) is 5.92 Å². The summed E-state index contributed by atoms with van der Waals surface area (Å²) in [6, 6.07) is 0.0490. The lowest BCUT2D eigenvalue weighted by atomic mass is 9.98. The van der Waals surface area contributed by atoms with Gasteiger partial charge < -0.3 is 10.6 Å². The number of sulfone groups is 1. The number of piperidine rings is 1. The van der Waals surface area contributed by atoms with E-state index < -0.39 is 9.84 Å². The molecule has 2 saturated heterocycles. The molecule has 1 unspecified atom stereocenters. The zero-order valence-electron chi connectivity index (χ0n) is 9.94. The molecule has 0 radical (unpaired) electrons. The molecule has 1 amide bonds. The second-order valence-corrected chi connectivity index (χ2v) is 7.28. The van der Waals surface area contributed by atoms with Gasteiger partial charge in [0.25, 0.3) is 0 Å². The summed E-state index contributed by atoms with van der Waals surface area (Å²) in [6.07, 6.45) is 3.10. The molecule has 2 rings (SSSR count). The Morgan fingerprint density at radius 3 is 2.47 bits per heavy atom. The monoisotopic (exact) mass is 260 g/mol. The standard InChI is InChI=1S/C11H20N2O3S/c14-11(9-2-1-5-12-8-9)13-10-3-6-17(15,16)7-4-10/h9-10,12H,1-8H2,(H,13,14). The van der Waals surface area contributed by atoms with Crippen LogP contribution in [0.5, 0.6) is 0 Å². The second-order valence-electron chi connectivity index (χ2n) is 4.98. The second kappa shape index (κ2) is 5.35. The lowest BCUT2D eigenvalue weighted by molar-refractivity contribution is -0.126. The number of hydrogen-bond donors (Lipinski definition) is 2. The Kier molecular flexibility index (Phi) is 4.04. The molecule has 98 valence electrons. The molecule has 2 heterocycles. The molecule has 0 aromatic rings. The van der Waals surface area contributed by atoms with Crippen molar-refractivity contribution >= 4 is 15.7 Å². The third-order valence-electron chi connectivity index (χ3n) is 3.57. The maximum Gasteiger partial charge on any atom is 0.224 e. The highest BCUT2D eigenvalue weighted by atomic mass is 32.2. The predicted octanol–water partition coefficient (Wildman–Crippen LogP) is -0.321. The summed E-state index contributed by atoms with van der Waals surface area (Å²) in [7, 11) is -2.84. The number of amides is 1. The van der Waals surface area contributed by atoms with Crippen LogP contribution in [-0.4, -0.2) is 45.0 Å². The van der Waals surface area contributed by atoms with E-state index in [0.717, 1.165) is 25.9 Å². The molecule has 2 N–H and O–H groups in total. The maximum absolute atomic E-state index is 11.9. The van der Waals surface area contributed by atoms with Crippen molar-refractivity contribution < 1.29 is 13.2 Å². The van der Waals surface area contributed by atoms with Crippen molar-refractivity contribution in [1.29, 1.82) is 0 Å². The molecule has 2 fully saturated rings. The van der Waals surface area contributed by atoms with Gasteiger partial charge in [-0.1, -0.05) is 0 Å². The summed E-state index contributed by atoms with van der Waals surface area (Å²) in [5.41, 5.74) is 0. The minimum Gasteiger partial charge on any atom is -0.353 e. The number of hydrogen-bond acceptors (Lipinski definition) is 4. The third kappa shape index (κ3) is 3.67. The van der Waals surface area contributed by atoms with E-state index in [1.807, 2.05) is 0 Å². The van der Waals surface area contributed by atoms with E-state index in [0.29, 0.717) is 12.8 Å². The first-order valence-electron chi connectivity index (χ1n) is 6.28. The summed E-state index contributed by atoms with van der Waals surface area (Å²) >= 11 is 0. The quantitative estimate of drug-likeness (QED) is 0.713. The summed E-state index contributed by atoms with van der Waals surface area (Å²) in [4.78, 5) is 11.9. The summed E-state index contributed by atoms with van der Waals surface area (Å²) in [6.45, 7) is 1.74. The minimum absolute atomic E-state index is 0.0490. The van der Waals surface area contributed by atoms with E-state index in [1.54, 1.807) is 0 Å². The average Bonchev–Trinajstić information content (AvgIpc) is 2.33. The van der Waals surface area contributed by atoms with Crippen molar-refractivity contribution in [2.45, 2.75) is 31.7 Å². The van der Waals surface area contributed by atoms with Crippen LogP contribution in [0.25, 0.3) is 0 Å². The Morgan fingerprint density at radius 1 is 1.18 bits per heavy atom. The zero-order chi connectivity index (χ0) is 12.3. The molecule has 17 heavy (non-hydrogen) atoms. The van der Waals surface area contributed by atoms with Crippen LogP contribution in [0.1, 0.15) is 25.7 Å². The topological polar surface area (TPSA) is 75.3 Å². The molecular weight excluding hydrogens is 240 g/mol. The molecule has 1 atom stereocenters. The SMILES string of the molecule is O=C(NC1CCS(=O)(=O)CC1)C1CCCNC1. The van der Waals surface area contributed by atoms with E-state index in [2.05, 4.69) is 10.6 Å². The molecule has 5 nitrogen and oxygen atoms in total. The van der Waals surface area contributed by atoms with Crippen LogP contribution in [0.15, 0.2) is 0 Å². The van der Waals surface area contributed by atoms with E-state index >= 15 is 0 Å². The van der Waals surface area contributed by atoms with Crippen molar-refractivity contribution in [2.75, 3.05) is 24.6 Å². The van der Waals surface area contributed by atoms with Gasteiger partial charge in [-0.3, -0.25) is 4.79 Å². The van der Waals surface area contributed by atoms with Crippen LogP contribution in [-0.2, 0) is 14.6 Å². The highest BCUT2D eigenvalue weighted by Gasteiger charge is 2.27. The summed E-state index contributed by atoms with van der Waals surface area (Å²) in [5, 5.41) is 6.19. The van der Waals surface area contributed by atoms with Gasteiger partial charge in [-0.25, -0.2) is 8.42 Å². The number of carbonyl (C=O) groups excluding carboxylic acids is 1. The van der Waals surface area contributed by atoms with Gasteiger partial charge in [-0.15, -0.1) is 0 Å². The fraction of sp³-hybridized carbons (Fsp3) is 0.909. The largest absolute Gasteiger partial charge is 0.353 e. The molecule has 0 bridgehead atoms. The first-order chi connectivity index (χ1) is 8.07. The van der Waals surface area contributed by atoms with Gasteiger partial charge in [0.05, 0.1) is 17.4 Å². The summed E-state index contributed by atoms with van der Waals surface area (Å²) in [5.74, 6) is 0.561. The predicted molar refractivity (Wildman–Crippen MR) is 65.4 cm³/mol. The van der Waals surface area contributed by atoms with Gasteiger partial charge in [0.1, 0.15) is 9.84 Å². The van der Waals surface area contributed by atoms with Gasteiger partial charge in [-0.05, 0) is 32.2 Å². The smallest absolute Gasteiger partial charge is 0.224 e. The third-order valence-corrected chi connectivity index (χ3v) is 5.28. The summed E-state index contributed by atoms with van der Waals surface area (Å²) < 4.78 is 22.5. The maximum atomic E-state index is 11.9. The lowest BCUT2D eigenvalue weighted by Gasteiger charge is -2.27. The van der Waals surface area contributed by atoms with E-state index in [-0.39, 0.29) is 29.4 Å². The van der Waals surface area contributed by atoms with E-state index in [4.69, 9.17) is 0 Å². The number of carbonyl (C=O) groups is 1. The first kappa shape index (κ1) is 12.8. The number of rotatable bonds is 2. The van der Waals surface area contributed by atoms with Crippen LogP contribution < -0.4 is 10.6 Å².